The largest absolute Gasteiger partial charge is 0.497 e. The number of carbonyl (C=O) groups is 1. The van der Waals surface area contributed by atoms with Gasteiger partial charge in [-0.3, -0.25) is 0 Å². The van der Waals surface area contributed by atoms with Crippen molar-refractivity contribution in [3.8, 4) is 17.2 Å². The van der Waals surface area contributed by atoms with Crippen LogP contribution in [0, 0.1) is 0 Å². The standard InChI is InChI=1S/C24H21Cl2NO6/c1-30-17-9-7-15(8-10-17)13-33-23-20(25)11-18(12-21(23)26)32-14-16-5-3-4-6-19(16)22(24(28)29)27-31-2/h3-12H,13-14H2,1-2H3,(H,28,29)/b27-22+. The van der Waals surface area contributed by atoms with Crippen LogP contribution in [-0.4, -0.2) is 31.0 Å². The number of hydrogen-bond acceptors (Lipinski definition) is 6. The third kappa shape index (κ3) is 6.31. The van der Waals surface area contributed by atoms with E-state index in [1.165, 1.54) is 7.11 Å². The number of halogens is 2. The van der Waals surface area contributed by atoms with Crippen molar-refractivity contribution in [2.45, 2.75) is 13.2 Å². The first-order valence-electron chi connectivity index (χ1n) is 9.73. The second-order valence-corrected chi connectivity index (χ2v) is 7.54. The number of hydrogen-bond donors (Lipinski definition) is 1. The maximum absolute atomic E-state index is 11.5. The van der Waals surface area contributed by atoms with Crippen LogP contribution in [0.1, 0.15) is 16.7 Å². The van der Waals surface area contributed by atoms with Crippen LogP contribution in [0.2, 0.25) is 10.0 Å². The molecule has 0 aliphatic heterocycles. The van der Waals surface area contributed by atoms with Gasteiger partial charge in [-0.05, 0) is 23.3 Å². The van der Waals surface area contributed by atoms with Crippen molar-refractivity contribution >= 4 is 34.9 Å². The fraction of sp³-hybridized carbons (Fsp3) is 0.167. The fourth-order valence-corrected chi connectivity index (χ4v) is 3.54. The highest BCUT2D eigenvalue weighted by atomic mass is 35.5. The lowest BCUT2D eigenvalue weighted by atomic mass is 10.0. The topological polar surface area (TPSA) is 86.6 Å². The molecular weight excluding hydrogens is 469 g/mol. The lowest BCUT2D eigenvalue weighted by molar-refractivity contribution is -0.129. The van der Waals surface area contributed by atoms with E-state index in [1.807, 2.05) is 24.3 Å². The predicted octanol–water partition coefficient (Wildman–Crippen LogP) is 5.60. The lowest BCUT2D eigenvalue weighted by Crippen LogP contribution is -2.17. The Kier molecular flexibility index (Phi) is 8.40. The molecule has 0 aromatic heterocycles. The number of rotatable bonds is 10. The SMILES string of the molecule is CO/N=C(/C(=O)O)c1ccccc1COc1cc(Cl)c(OCc2ccc(OC)cc2)c(Cl)c1. The van der Waals surface area contributed by atoms with Crippen molar-refractivity contribution in [3.63, 3.8) is 0 Å². The van der Waals surface area contributed by atoms with Crippen LogP contribution in [0.4, 0.5) is 0 Å². The Hall–Kier alpha value is -3.42. The van der Waals surface area contributed by atoms with E-state index in [2.05, 4.69) is 9.99 Å². The average molecular weight is 490 g/mol. The van der Waals surface area contributed by atoms with Gasteiger partial charge in [0.1, 0.15) is 31.8 Å². The molecule has 0 aliphatic rings. The van der Waals surface area contributed by atoms with Crippen molar-refractivity contribution < 1.29 is 28.9 Å². The zero-order valence-corrected chi connectivity index (χ0v) is 19.4. The third-order valence-electron chi connectivity index (χ3n) is 4.57. The lowest BCUT2D eigenvalue weighted by Gasteiger charge is -2.14. The Labute approximate surface area is 201 Å². The van der Waals surface area contributed by atoms with Gasteiger partial charge in [-0.15, -0.1) is 0 Å². The number of aliphatic carboxylic acids is 1. The molecule has 1 N–H and O–H groups in total. The van der Waals surface area contributed by atoms with Gasteiger partial charge in [-0.2, -0.15) is 0 Å². The molecular formula is C24H21Cl2NO6. The van der Waals surface area contributed by atoms with E-state index in [0.29, 0.717) is 22.6 Å². The summed E-state index contributed by atoms with van der Waals surface area (Å²) in [6, 6.07) is 17.4. The molecule has 33 heavy (non-hydrogen) atoms. The summed E-state index contributed by atoms with van der Waals surface area (Å²) in [7, 11) is 2.88. The predicted molar refractivity (Wildman–Crippen MR) is 126 cm³/mol. The van der Waals surface area contributed by atoms with Crippen molar-refractivity contribution in [1.82, 2.24) is 0 Å². The summed E-state index contributed by atoms with van der Waals surface area (Å²) in [5, 5.41) is 13.6. The molecule has 0 amide bonds. The van der Waals surface area contributed by atoms with Crippen LogP contribution in [0.5, 0.6) is 17.2 Å². The normalized spacial score (nSPS) is 11.1. The van der Waals surface area contributed by atoms with Crippen LogP contribution in [-0.2, 0) is 22.8 Å². The first-order valence-corrected chi connectivity index (χ1v) is 10.5. The summed E-state index contributed by atoms with van der Waals surface area (Å²) in [6.07, 6.45) is 0. The molecule has 9 heteroatoms. The first kappa shape index (κ1) is 24.2. The van der Waals surface area contributed by atoms with Crippen LogP contribution in [0.25, 0.3) is 0 Å². The van der Waals surface area contributed by atoms with Gasteiger partial charge in [0.25, 0.3) is 0 Å². The van der Waals surface area contributed by atoms with E-state index >= 15 is 0 Å². The van der Waals surface area contributed by atoms with Gasteiger partial charge in [0.2, 0.25) is 0 Å². The molecule has 0 heterocycles. The number of nitrogens with zero attached hydrogens (tertiary/aromatic N) is 1. The quantitative estimate of drug-likeness (QED) is 0.294. The van der Waals surface area contributed by atoms with Crippen LogP contribution in [0.15, 0.2) is 65.8 Å². The molecule has 172 valence electrons. The molecule has 0 aliphatic carbocycles. The summed E-state index contributed by atoms with van der Waals surface area (Å²) >= 11 is 12.7. The molecule has 0 fully saturated rings. The van der Waals surface area contributed by atoms with E-state index in [1.54, 1.807) is 43.5 Å². The Morgan fingerprint density at radius 1 is 0.909 bits per heavy atom. The number of ether oxygens (including phenoxy) is 3. The fourth-order valence-electron chi connectivity index (χ4n) is 2.97. The highest BCUT2D eigenvalue weighted by molar-refractivity contribution is 6.42. The summed E-state index contributed by atoms with van der Waals surface area (Å²) in [6.45, 7) is 0.332. The Morgan fingerprint density at radius 2 is 1.58 bits per heavy atom. The number of oxime groups is 1. The molecule has 0 unspecified atom stereocenters. The number of methoxy groups -OCH3 is 1. The van der Waals surface area contributed by atoms with Gasteiger partial charge in [0.15, 0.2) is 11.5 Å². The monoisotopic (exact) mass is 489 g/mol. The smallest absolute Gasteiger partial charge is 0.358 e. The van der Waals surface area contributed by atoms with E-state index in [0.717, 1.165) is 11.3 Å². The number of carboxylic acid groups (broad SMARTS) is 1. The Bertz CT molecular complexity index is 1120. The minimum atomic E-state index is -1.21. The minimum absolute atomic E-state index is 0.0604. The third-order valence-corrected chi connectivity index (χ3v) is 5.13. The maximum Gasteiger partial charge on any atom is 0.358 e. The molecule has 7 nitrogen and oxygen atoms in total. The van der Waals surface area contributed by atoms with Gasteiger partial charge >= 0.3 is 5.97 Å². The first-order chi connectivity index (χ1) is 15.9. The van der Waals surface area contributed by atoms with Gasteiger partial charge in [-0.25, -0.2) is 4.79 Å². The summed E-state index contributed by atoms with van der Waals surface area (Å²) < 4.78 is 16.8. The molecule has 3 aromatic carbocycles. The molecule has 3 rings (SSSR count). The van der Waals surface area contributed by atoms with Gasteiger partial charge in [0, 0.05) is 17.7 Å². The Balaban J connectivity index is 1.72. The van der Waals surface area contributed by atoms with Crippen molar-refractivity contribution in [2.24, 2.45) is 5.16 Å². The van der Waals surface area contributed by atoms with E-state index in [4.69, 9.17) is 37.4 Å². The second kappa shape index (κ2) is 11.4. The molecule has 0 bridgehead atoms. The molecule has 0 atom stereocenters. The van der Waals surface area contributed by atoms with Gasteiger partial charge in [-0.1, -0.05) is 64.8 Å². The summed E-state index contributed by atoms with van der Waals surface area (Å²) in [5.74, 6) is 0.273. The molecule has 3 aromatic rings. The summed E-state index contributed by atoms with van der Waals surface area (Å²) in [5.41, 5.74) is 1.67. The highest BCUT2D eigenvalue weighted by Crippen LogP contribution is 2.37. The van der Waals surface area contributed by atoms with Crippen LogP contribution in [0.3, 0.4) is 0 Å². The minimum Gasteiger partial charge on any atom is -0.497 e. The molecule has 0 radical (unpaired) electrons. The van der Waals surface area contributed by atoms with Crippen LogP contribution >= 0.6 is 23.2 Å². The van der Waals surface area contributed by atoms with E-state index in [-0.39, 0.29) is 29.0 Å². The van der Waals surface area contributed by atoms with Gasteiger partial charge in [0.05, 0.1) is 17.2 Å². The highest BCUT2D eigenvalue weighted by Gasteiger charge is 2.18. The second-order valence-electron chi connectivity index (χ2n) is 6.73. The van der Waals surface area contributed by atoms with Crippen molar-refractivity contribution in [2.75, 3.05) is 14.2 Å². The average Bonchev–Trinajstić information content (AvgIpc) is 2.81. The molecule has 0 spiro atoms. The maximum atomic E-state index is 11.5. The Morgan fingerprint density at radius 3 is 2.18 bits per heavy atom. The summed E-state index contributed by atoms with van der Waals surface area (Å²) in [4.78, 5) is 16.2. The zero-order chi connectivity index (χ0) is 23.8. The number of benzene rings is 3. The van der Waals surface area contributed by atoms with E-state index < -0.39 is 5.97 Å². The van der Waals surface area contributed by atoms with Crippen LogP contribution < -0.4 is 14.2 Å². The van der Waals surface area contributed by atoms with Gasteiger partial charge < -0.3 is 24.2 Å². The van der Waals surface area contributed by atoms with E-state index in [9.17, 15) is 9.90 Å². The van der Waals surface area contributed by atoms with Crippen molar-refractivity contribution in [3.05, 3.63) is 87.4 Å². The zero-order valence-electron chi connectivity index (χ0n) is 17.9. The number of carboxylic acids is 1. The molecule has 0 saturated heterocycles. The van der Waals surface area contributed by atoms with Crippen molar-refractivity contribution in [1.29, 1.82) is 0 Å². The molecule has 0 saturated carbocycles.